The Morgan fingerprint density at radius 3 is 2.71 bits per heavy atom. The van der Waals surface area contributed by atoms with Crippen LogP contribution >= 0.6 is 23.1 Å². The summed E-state index contributed by atoms with van der Waals surface area (Å²) in [4.78, 5) is 4.46. The van der Waals surface area contributed by atoms with Gasteiger partial charge in [-0.15, -0.1) is 10.2 Å². The van der Waals surface area contributed by atoms with Crippen LogP contribution in [-0.2, 0) is 12.2 Å². The van der Waals surface area contributed by atoms with Gasteiger partial charge in [-0.25, -0.2) is 0 Å². The number of aromatic nitrogens is 4. The minimum absolute atomic E-state index is 0.570. The first-order valence-corrected chi connectivity index (χ1v) is 10.6. The molecule has 0 radical (unpaired) electrons. The number of nitrogens with zero attached hydrogens (tertiary/aromatic N) is 4. The first-order valence-electron chi connectivity index (χ1n) is 8.82. The number of benzene rings is 2. The topological polar surface area (TPSA) is 76.7 Å². The van der Waals surface area contributed by atoms with Crippen molar-refractivity contribution in [2.45, 2.75) is 30.4 Å². The van der Waals surface area contributed by atoms with Crippen LogP contribution in [0.3, 0.4) is 0 Å². The van der Waals surface area contributed by atoms with Crippen molar-refractivity contribution in [1.82, 2.24) is 20.3 Å². The first kappa shape index (κ1) is 18.6. The zero-order valence-electron chi connectivity index (χ0n) is 15.5. The molecule has 0 unspecified atom stereocenters. The molecule has 1 N–H and O–H groups in total. The van der Waals surface area contributed by atoms with Crippen LogP contribution < -0.4 is 5.32 Å². The molecule has 0 amide bonds. The Bertz CT molecular complexity index is 1060. The molecule has 8 heteroatoms. The molecule has 0 fully saturated rings. The molecule has 2 aromatic heterocycles. The maximum Gasteiger partial charge on any atom is 0.237 e. The second-order valence-corrected chi connectivity index (χ2v) is 8.55. The lowest BCUT2D eigenvalue weighted by Gasteiger charge is -2.05. The van der Waals surface area contributed by atoms with Gasteiger partial charge in [-0.1, -0.05) is 64.7 Å². The van der Waals surface area contributed by atoms with Crippen molar-refractivity contribution in [2.75, 3.05) is 5.32 Å². The average Bonchev–Trinajstić information content (AvgIpc) is 3.33. The van der Waals surface area contributed by atoms with Gasteiger partial charge in [0.15, 0.2) is 10.2 Å². The van der Waals surface area contributed by atoms with E-state index in [2.05, 4.69) is 63.8 Å². The van der Waals surface area contributed by atoms with Gasteiger partial charge >= 0.3 is 0 Å². The Kier molecular flexibility index (Phi) is 5.68. The summed E-state index contributed by atoms with van der Waals surface area (Å²) in [5.41, 5.74) is 4.68. The Morgan fingerprint density at radius 1 is 1.04 bits per heavy atom. The Hall–Kier alpha value is -2.71. The first-order chi connectivity index (χ1) is 13.7. The van der Waals surface area contributed by atoms with E-state index < -0.39 is 0 Å². The molecule has 4 rings (SSSR count). The summed E-state index contributed by atoms with van der Waals surface area (Å²) in [5, 5.41) is 16.6. The lowest BCUT2D eigenvalue weighted by atomic mass is 10.1. The van der Waals surface area contributed by atoms with Gasteiger partial charge in [0.1, 0.15) is 0 Å². The monoisotopic (exact) mass is 409 g/mol. The highest BCUT2D eigenvalue weighted by Gasteiger charge is 2.11. The molecule has 4 aromatic rings. The van der Waals surface area contributed by atoms with E-state index in [9.17, 15) is 0 Å². The van der Waals surface area contributed by atoms with Crippen molar-refractivity contribution < 1.29 is 4.52 Å². The zero-order chi connectivity index (χ0) is 19.3. The fourth-order valence-corrected chi connectivity index (χ4v) is 4.19. The molecule has 0 aliphatic rings. The molecule has 6 nitrogen and oxygen atoms in total. The highest BCUT2D eigenvalue weighted by molar-refractivity contribution is 8.00. The normalized spacial score (nSPS) is 10.9. The highest BCUT2D eigenvalue weighted by atomic mass is 32.2. The molecule has 0 atom stereocenters. The Morgan fingerprint density at radius 2 is 1.89 bits per heavy atom. The van der Waals surface area contributed by atoms with Gasteiger partial charge < -0.3 is 9.84 Å². The largest absolute Gasteiger partial charge is 0.338 e. The van der Waals surface area contributed by atoms with Gasteiger partial charge in [0.05, 0.1) is 5.75 Å². The molecular formula is C20H19N5OS2. The standard InChI is InChI=1S/C20H19N5OS2/c1-13-8-9-16(10-14(13)2)21-19-23-24-20(28-19)27-12-18-22-17(25-26-18)11-15-6-4-3-5-7-15/h3-10H,11-12H2,1-2H3,(H,21,23). The molecule has 0 spiro atoms. The van der Waals surface area contributed by atoms with E-state index in [1.54, 1.807) is 0 Å². The van der Waals surface area contributed by atoms with Crippen LogP contribution in [0.4, 0.5) is 10.8 Å². The van der Waals surface area contributed by atoms with Crippen molar-refractivity contribution in [3.05, 3.63) is 76.9 Å². The molecule has 0 saturated heterocycles. The van der Waals surface area contributed by atoms with Crippen LogP contribution in [0.1, 0.15) is 28.4 Å². The summed E-state index contributed by atoms with van der Waals surface area (Å²) >= 11 is 3.05. The smallest absolute Gasteiger partial charge is 0.237 e. The van der Waals surface area contributed by atoms with Crippen molar-refractivity contribution in [1.29, 1.82) is 0 Å². The Labute approximate surface area is 171 Å². The van der Waals surface area contributed by atoms with Crippen LogP contribution in [0.25, 0.3) is 0 Å². The molecule has 2 heterocycles. The molecule has 0 aliphatic heterocycles. The van der Waals surface area contributed by atoms with Gasteiger partial charge in [0.25, 0.3) is 0 Å². The van der Waals surface area contributed by atoms with Crippen LogP contribution in [0.15, 0.2) is 57.4 Å². The summed E-state index contributed by atoms with van der Waals surface area (Å²) in [6.07, 6.45) is 0.665. The van der Waals surface area contributed by atoms with Gasteiger partial charge in [0.2, 0.25) is 11.0 Å². The van der Waals surface area contributed by atoms with Gasteiger partial charge in [0, 0.05) is 12.1 Å². The second kappa shape index (κ2) is 8.53. The van der Waals surface area contributed by atoms with Crippen molar-refractivity contribution in [3.63, 3.8) is 0 Å². The van der Waals surface area contributed by atoms with Crippen LogP contribution in [0.2, 0.25) is 0 Å². The van der Waals surface area contributed by atoms with E-state index in [0.29, 0.717) is 23.9 Å². The van der Waals surface area contributed by atoms with E-state index in [1.807, 2.05) is 24.3 Å². The highest BCUT2D eigenvalue weighted by Crippen LogP contribution is 2.30. The van der Waals surface area contributed by atoms with Crippen LogP contribution in [-0.4, -0.2) is 20.3 Å². The average molecular weight is 410 g/mol. The quantitative estimate of drug-likeness (QED) is 0.422. The van der Waals surface area contributed by atoms with Gasteiger partial charge in [-0.05, 0) is 42.7 Å². The number of hydrogen-bond acceptors (Lipinski definition) is 8. The molecule has 0 saturated carbocycles. The maximum absolute atomic E-state index is 5.34. The predicted octanol–water partition coefficient (Wildman–Crippen LogP) is 5.16. The molecule has 2 aromatic carbocycles. The maximum atomic E-state index is 5.34. The predicted molar refractivity (Wildman–Crippen MR) is 112 cm³/mol. The second-order valence-electron chi connectivity index (χ2n) is 6.35. The summed E-state index contributed by atoms with van der Waals surface area (Å²) in [6.45, 7) is 4.19. The lowest BCUT2D eigenvalue weighted by Crippen LogP contribution is -1.91. The summed E-state index contributed by atoms with van der Waals surface area (Å²) in [7, 11) is 0. The van der Waals surface area contributed by atoms with Crippen molar-refractivity contribution in [2.24, 2.45) is 0 Å². The lowest BCUT2D eigenvalue weighted by molar-refractivity contribution is 0.386. The minimum Gasteiger partial charge on any atom is -0.338 e. The molecular weight excluding hydrogens is 390 g/mol. The molecule has 28 heavy (non-hydrogen) atoms. The molecule has 0 aliphatic carbocycles. The summed E-state index contributed by atoms with van der Waals surface area (Å²) in [6, 6.07) is 16.4. The number of rotatable bonds is 7. The molecule has 142 valence electrons. The number of anilines is 2. The number of hydrogen-bond donors (Lipinski definition) is 1. The number of aryl methyl sites for hydroxylation is 2. The van der Waals surface area contributed by atoms with E-state index in [0.717, 1.165) is 20.7 Å². The summed E-state index contributed by atoms with van der Waals surface area (Å²) < 4.78 is 6.20. The fourth-order valence-electron chi connectivity index (χ4n) is 2.58. The Balaban J connectivity index is 1.32. The number of thioether (sulfide) groups is 1. The third-order valence-corrected chi connectivity index (χ3v) is 6.16. The van der Waals surface area contributed by atoms with Crippen molar-refractivity contribution in [3.8, 4) is 0 Å². The molecule has 0 bridgehead atoms. The van der Waals surface area contributed by atoms with Crippen molar-refractivity contribution >= 4 is 33.9 Å². The number of nitrogens with one attached hydrogen (secondary N) is 1. The summed E-state index contributed by atoms with van der Waals surface area (Å²) in [5.74, 6) is 1.85. The van der Waals surface area contributed by atoms with Gasteiger partial charge in [-0.3, -0.25) is 0 Å². The van der Waals surface area contributed by atoms with E-state index in [4.69, 9.17) is 4.52 Å². The minimum atomic E-state index is 0.570. The SMILES string of the molecule is Cc1ccc(Nc2nnc(SCc3nc(Cc4ccccc4)no3)s2)cc1C. The zero-order valence-corrected chi connectivity index (χ0v) is 17.2. The van der Waals surface area contributed by atoms with Crippen LogP contribution in [0.5, 0.6) is 0 Å². The third kappa shape index (κ3) is 4.76. The van der Waals surface area contributed by atoms with E-state index >= 15 is 0 Å². The van der Waals surface area contributed by atoms with E-state index in [1.165, 1.54) is 34.2 Å². The van der Waals surface area contributed by atoms with Gasteiger partial charge in [-0.2, -0.15) is 4.98 Å². The van der Waals surface area contributed by atoms with Crippen LogP contribution in [0, 0.1) is 13.8 Å². The third-order valence-electron chi connectivity index (χ3n) is 4.20. The fraction of sp³-hybridized carbons (Fsp3) is 0.200. The van der Waals surface area contributed by atoms with E-state index in [-0.39, 0.29) is 0 Å².